The normalized spacial score (nSPS) is 22.7. The highest BCUT2D eigenvalue weighted by molar-refractivity contribution is 5.43. The molecule has 2 nitrogen and oxygen atoms in total. The maximum atomic E-state index is 3.81. The molecule has 1 aliphatic heterocycles. The van der Waals surface area contributed by atoms with Crippen LogP contribution in [0.4, 0.5) is 0 Å². The molecule has 2 N–H and O–H groups in total. The minimum atomic E-state index is 0.659. The van der Waals surface area contributed by atoms with Crippen molar-refractivity contribution >= 4 is 12.2 Å². The first kappa shape index (κ1) is 13.9. The van der Waals surface area contributed by atoms with E-state index in [0.717, 1.165) is 11.8 Å². The van der Waals surface area contributed by atoms with E-state index in [1.165, 1.54) is 30.2 Å². The summed E-state index contributed by atoms with van der Waals surface area (Å²) >= 11 is 0. The Morgan fingerprint density at radius 1 is 1.37 bits per heavy atom. The summed E-state index contributed by atoms with van der Waals surface area (Å²) in [7, 11) is 0. The fourth-order valence-corrected chi connectivity index (χ4v) is 2.92. The van der Waals surface area contributed by atoms with E-state index in [9.17, 15) is 0 Å². The average Bonchev–Trinajstić information content (AvgIpc) is 3.03. The monoisotopic (exact) mass is 256 g/mol. The molecule has 0 aromatic carbocycles. The van der Waals surface area contributed by atoms with Crippen LogP contribution >= 0.6 is 0 Å². The lowest BCUT2D eigenvalue weighted by Crippen LogP contribution is -2.32. The first-order valence-electron chi connectivity index (χ1n) is 7.11. The topological polar surface area (TPSA) is 27.8 Å². The van der Waals surface area contributed by atoms with Crippen LogP contribution < -0.4 is 15.9 Å². The number of rotatable bonds is 5. The molecule has 2 unspecified atom stereocenters. The second-order valence-electron chi connectivity index (χ2n) is 5.33. The van der Waals surface area contributed by atoms with Gasteiger partial charge in [0.2, 0.25) is 0 Å². The Balaban J connectivity index is 2.25. The maximum Gasteiger partial charge on any atom is 0.0456 e. The maximum absolute atomic E-state index is 3.81. The third-order valence-corrected chi connectivity index (χ3v) is 3.93. The molecule has 1 aliphatic rings. The molecule has 0 radical (unpaired) electrons. The van der Waals surface area contributed by atoms with Crippen LogP contribution in [0.15, 0.2) is 31.5 Å². The van der Waals surface area contributed by atoms with Crippen molar-refractivity contribution < 1.29 is 0 Å². The molecular weight excluding hydrogens is 232 g/mol. The number of hydrogen-bond acceptors (Lipinski definition) is 1. The molecule has 2 rings (SSSR count). The van der Waals surface area contributed by atoms with E-state index in [1.807, 2.05) is 18.2 Å². The van der Waals surface area contributed by atoms with Gasteiger partial charge in [0.25, 0.3) is 0 Å². The first-order chi connectivity index (χ1) is 9.26. The summed E-state index contributed by atoms with van der Waals surface area (Å²) in [5.74, 6) is 0.659. The number of nitrogens with one attached hydrogen (secondary N) is 2. The summed E-state index contributed by atoms with van der Waals surface area (Å²) in [6, 6.07) is 0.665. The summed E-state index contributed by atoms with van der Waals surface area (Å²) in [5.41, 5.74) is 1.37. The molecule has 19 heavy (non-hydrogen) atoms. The van der Waals surface area contributed by atoms with Gasteiger partial charge in [-0.25, -0.2) is 0 Å². The van der Waals surface area contributed by atoms with Crippen molar-refractivity contribution in [3.8, 4) is 0 Å². The van der Waals surface area contributed by atoms with E-state index in [2.05, 4.69) is 42.7 Å². The Bertz CT molecular complexity index is 544. The molecule has 1 aromatic rings. The average molecular weight is 256 g/mol. The first-order valence-corrected chi connectivity index (χ1v) is 7.11. The summed E-state index contributed by atoms with van der Waals surface area (Å²) in [5, 5.41) is 5.97. The van der Waals surface area contributed by atoms with E-state index in [4.69, 9.17) is 0 Å². The van der Waals surface area contributed by atoms with Gasteiger partial charge in [0.05, 0.1) is 0 Å². The van der Waals surface area contributed by atoms with Crippen LogP contribution in [0.2, 0.25) is 0 Å². The largest absolute Gasteiger partial charge is 0.361 e. The molecule has 1 aromatic heterocycles. The van der Waals surface area contributed by atoms with Crippen LogP contribution in [0, 0.1) is 5.92 Å². The van der Waals surface area contributed by atoms with Gasteiger partial charge in [-0.1, -0.05) is 38.3 Å². The van der Waals surface area contributed by atoms with Crippen molar-refractivity contribution in [3.05, 3.63) is 47.6 Å². The lowest BCUT2D eigenvalue weighted by molar-refractivity contribution is 0.417. The molecule has 0 bridgehead atoms. The highest BCUT2D eigenvalue weighted by Gasteiger charge is 2.21. The highest BCUT2D eigenvalue weighted by Crippen LogP contribution is 2.17. The smallest absolute Gasteiger partial charge is 0.0456 e. The number of H-pyrrole nitrogens is 1. The van der Waals surface area contributed by atoms with E-state index in [1.54, 1.807) is 0 Å². The van der Waals surface area contributed by atoms with Gasteiger partial charge in [0.15, 0.2) is 0 Å². The minimum Gasteiger partial charge on any atom is -0.361 e. The van der Waals surface area contributed by atoms with E-state index in [-0.39, 0.29) is 0 Å². The summed E-state index contributed by atoms with van der Waals surface area (Å²) in [4.78, 5) is 3.33. The Morgan fingerprint density at radius 2 is 2.16 bits per heavy atom. The van der Waals surface area contributed by atoms with Crippen molar-refractivity contribution in [1.82, 2.24) is 10.3 Å². The number of allylic oxidation sites excluding steroid dienone is 2. The molecule has 102 valence electrons. The zero-order valence-corrected chi connectivity index (χ0v) is 11.8. The van der Waals surface area contributed by atoms with Gasteiger partial charge in [-0.3, -0.25) is 0 Å². The Kier molecular flexibility index (Phi) is 4.80. The summed E-state index contributed by atoms with van der Waals surface area (Å²) in [6.07, 6.45) is 13.6. The van der Waals surface area contributed by atoms with Crippen LogP contribution in [0.1, 0.15) is 25.3 Å². The second-order valence-corrected chi connectivity index (χ2v) is 5.33. The predicted octanol–water partition coefficient (Wildman–Crippen LogP) is 1.88. The van der Waals surface area contributed by atoms with Gasteiger partial charge < -0.3 is 10.3 Å². The van der Waals surface area contributed by atoms with Crippen LogP contribution in [0.3, 0.4) is 0 Å². The summed E-state index contributed by atoms with van der Waals surface area (Å²) < 4.78 is 0. The highest BCUT2D eigenvalue weighted by atomic mass is 14.9. The molecule has 2 heterocycles. The molecule has 2 heteroatoms. The quantitative estimate of drug-likeness (QED) is 0.827. The van der Waals surface area contributed by atoms with Gasteiger partial charge >= 0.3 is 0 Å². The van der Waals surface area contributed by atoms with Crippen LogP contribution in [-0.4, -0.2) is 17.6 Å². The van der Waals surface area contributed by atoms with Crippen molar-refractivity contribution in [3.63, 3.8) is 0 Å². The van der Waals surface area contributed by atoms with Gasteiger partial charge in [-0.2, -0.15) is 0 Å². The molecule has 1 saturated heterocycles. The van der Waals surface area contributed by atoms with Gasteiger partial charge in [-0.15, -0.1) is 0 Å². The second kappa shape index (κ2) is 6.58. The number of hydrogen-bond donors (Lipinski definition) is 2. The van der Waals surface area contributed by atoms with Gasteiger partial charge in [0.1, 0.15) is 0 Å². The van der Waals surface area contributed by atoms with E-state index < -0.39 is 0 Å². The number of aromatic nitrogens is 1. The van der Waals surface area contributed by atoms with Crippen molar-refractivity contribution in [2.75, 3.05) is 6.54 Å². The predicted molar refractivity (Wildman–Crippen MR) is 83.3 cm³/mol. The van der Waals surface area contributed by atoms with Gasteiger partial charge in [-0.05, 0) is 43.4 Å². The van der Waals surface area contributed by atoms with E-state index >= 15 is 0 Å². The fraction of sp³-hybridized carbons (Fsp3) is 0.412. The van der Waals surface area contributed by atoms with Crippen molar-refractivity contribution in [1.29, 1.82) is 0 Å². The zero-order chi connectivity index (χ0) is 13.7. The zero-order valence-electron chi connectivity index (χ0n) is 11.8. The van der Waals surface area contributed by atoms with Crippen molar-refractivity contribution in [2.45, 2.75) is 32.2 Å². The molecule has 0 aliphatic carbocycles. The fourth-order valence-electron chi connectivity index (χ4n) is 2.92. The third-order valence-electron chi connectivity index (χ3n) is 3.93. The number of aromatic amines is 1. The van der Waals surface area contributed by atoms with Crippen LogP contribution in [0.5, 0.6) is 0 Å². The summed E-state index contributed by atoms with van der Waals surface area (Å²) in [6.45, 7) is 11.1. The van der Waals surface area contributed by atoms with Crippen molar-refractivity contribution in [2.24, 2.45) is 5.92 Å². The lowest BCUT2D eigenvalue weighted by atomic mass is 9.93. The lowest BCUT2D eigenvalue weighted by Gasteiger charge is -2.18. The minimum absolute atomic E-state index is 0.659. The Morgan fingerprint density at radius 3 is 2.79 bits per heavy atom. The van der Waals surface area contributed by atoms with E-state index in [0.29, 0.717) is 12.0 Å². The molecule has 0 spiro atoms. The molecule has 0 saturated carbocycles. The van der Waals surface area contributed by atoms with Gasteiger partial charge in [0, 0.05) is 22.8 Å². The van der Waals surface area contributed by atoms with Crippen LogP contribution in [-0.2, 0) is 6.42 Å². The third kappa shape index (κ3) is 3.27. The van der Waals surface area contributed by atoms with Crippen LogP contribution in [0.25, 0.3) is 12.2 Å². The SMILES string of the molecule is C=C/C=c1/c(CC(C)C2CCCN2)c[nH]/c1=C/C=C. The standard InChI is InChI=1S/C17H24N2/c1-4-7-15-14(12-19-17(15)8-5-2)11-13(3)16-9-6-10-18-16/h4-5,7-8,12-13,16,18-19H,1-2,6,9-11H2,3H3/b15-7-,17-8+. The molecular formula is C17H24N2. The molecule has 1 fully saturated rings. The Labute approximate surface area is 115 Å². The Hall–Kier alpha value is -1.54. The molecule has 2 atom stereocenters. The molecule has 0 amide bonds.